The van der Waals surface area contributed by atoms with Gasteiger partial charge in [0.15, 0.2) is 0 Å². The number of amides is 3. The average molecular weight is 440 g/mol. The van der Waals surface area contributed by atoms with Crippen LogP contribution in [0.15, 0.2) is 77.9 Å². The van der Waals surface area contributed by atoms with Gasteiger partial charge in [-0.3, -0.25) is 19.4 Å². The molecule has 0 radical (unpaired) electrons. The Morgan fingerprint density at radius 2 is 1.64 bits per heavy atom. The minimum Gasteiger partial charge on any atom is -0.487 e. The van der Waals surface area contributed by atoms with Crippen molar-refractivity contribution in [3.05, 3.63) is 94.8 Å². The monoisotopic (exact) mass is 440 g/mol. The Labute approximate surface area is 189 Å². The summed E-state index contributed by atoms with van der Waals surface area (Å²) in [6, 6.07) is 18.4. The molecule has 0 bridgehead atoms. The molecule has 2 aliphatic heterocycles. The van der Waals surface area contributed by atoms with Crippen molar-refractivity contribution in [3.63, 3.8) is 0 Å². The van der Waals surface area contributed by atoms with E-state index in [-0.39, 0.29) is 17.9 Å². The first kappa shape index (κ1) is 20.6. The number of carbonyl (C=O) groups is 3. The Balaban J connectivity index is 1.24. The number of piperazine rings is 1. The van der Waals surface area contributed by atoms with E-state index in [1.165, 1.54) is 0 Å². The molecular weight excluding hydrogens is 420 g/mol. The zero-order valence-corrected chi connectivity index (χ0v) is 17.5. The van der Waals surface area contributed by atoms with Crippen LogP contribution in [-0.4, -0.2) is 34.8 Å². The molecule has 3 heterocycles. The van der Waals surface area contributed by atoms with Gasteiger partial charge < -0.3 is 15.4 Å². The molecule has 8 heteroatoms. The quantitative estimate of drug-likeness (QED) is 0.569. The molecule has 1 saturated heterocycles. The molecule has 1 aromatic heterocycles. The number of carbonyl (C=O) groups excluding carboxylic acids is 3. The van der Waals surface area contributed by atoms with E-state index in [1.54, 1.807) is 42.6 Å². The SMILES string of the molecule is O=C1N=c2ccccc2=C1C1NC(=O)C(Cc2ccc(OCc3ccccc3)cn2)NC1=O. The van der Waals surface area contributed by atoms with Gasteiger partial charge in [-0.05, 0) is 23.8 Å². The van der Waals surface area contributed by atoms with Crippen LogP contribution in [0, 0.1) is 0 Å². The number of benzene rings is 2. The molecule has 2 N–H and O–H groups in total. The number of nitrogens with one attached hydrogen (secondary N) is 2. The lowest BCUT2D eigenvalue weighted by molar-refractivity contribution is -0.135. The number of pyridine rings is 1. The fourth-order valence-electron chi connectivity index (χ4n) is 3.91. The van der Waals surface area contributed by atoms with Crippen molar-refractivity contribution in [1.29, 1.82) is 0 Å². The van der Waals surface area contributed by atoms with Gasteiger partial charge in [-0.25, -0.2) is 4.99 Å². The predicted molar refractivity (Wildman–Crippen MR) is 118 cm³/mol. The summed E-state index contributed by atoms with van der Waals surface area (Å²) in [5.41, 5.74) is 1.87. The van der Waals surface area contributed by atoms with E-state index >= 15 is 0 Å². The lowest BCUT2D eigenvalue weighted by Crippen LogP contribution is -2.63. The van der Waals surface area contributed by atoms with Crippen molar-refractivity contribution in [2.24, 2.45) is 4.99 Å². The number of ether oxygens (including phenoxy) is 1. The van der Waals surface area contributed by atoms with E-state index < -0.39 is 23.9 Å². The van der Waals surface area contributed by atoms with Crippen molar-refractivity contribution < 1.29 is 19.1 Å². The Morgan fingerprint density at radius 3 is 2.42 bits per heavy atom. The van der Waals surface area contributed by atoms with Gasteiger partial charge in [0, 0.05) is 17.3 Å². The predicted octanol–water partition coefficient (Wildman–Crippen LogP) is 0.197. The summed E-state index contributed by atoms with van der Waals surface area (Å²) in [7, 11) is 0. The number of hydrogen-bond acceptors (Lipinski definition) is 5. The normalized spacial score (nSPS) is 19.4. The number of aromatic nitrogens is 1. The van der Waals surface area contributed by atoms with Gasteiger partial charge in [0.25, 0.3) is 5.91 Å². The highest BCUT2D eigenvalue weighted by molar-refractivity contribution is 6.23. The van der Waals surface area contributed by atoms with E-state index in [9.17, 15) is 14.4 Å². The highest BCUT2D eigenvalue weighted by atomic mass is 16.5. The minimum atomic E-state index is -1.07. The van der Waals surface area contributed by atoms with Crippen LogP contribution in [0.4, 0.5) is 0 Å². The first-order valence-corrected chi connectivity index (χ1v) is 10.5. The second-order valence-electron chi connectivity index (χ2n) is 7.81. The Kier molecular flexibility index (Phi) is 5.40. The summed E-state index contributed by atoms with van der Waals surface area (Å²) in [5.74, 6) is -0.727. The van der Waals surface area contributed by atoms with E-state index in [0.29, 0.717) is 28.6 Å². The van der Waals surface area contributed by atoms with Crippen molar-refractivity contribution in [2.45, 2.75) is 25.1 Å². The van der Waals surface area contributed by atoms with Crippen LogP contribution < -0.4 is 25.9 Å². The molecule has 0 spiro atoms. The molecule has 33 heavy (non-hydrogen) atoms. The molecule has 164 valence electrons. The average Bonchev–Trinajstić information content (AvgIpc) is 3.17. The summed E-state index contributed by atoms with van der Waals surface area (Å²) < 4.78 is 5.73. The molecule has 8 nitrogen and oxygen atoms in total. The molecule has 3 aromatic rings. The number of rotatable bonds is 6. The Morgan fingerprint density at radius 1 is 0.848 bits per heavy atom. The number of para-hydroxylation sites is 1. The third kappa shape index (κ3) is 4.23. The van der Waals surface area contributed by atoms with Gasteiger partial charge in [-0.1, -0.05) is 48.5 Å². The third-order valence-electron chi connectivity index (χ3n) is 5.58. The minimum absolute atomic E-state index is 0.188. The highest BCUT2D eigenvalue weighted by Gasteiger charge is 2.39. The van der Waals surface area contributed by atoms with Gasteiger partial charge >= 0.3 is 0 Å². The molecule has 2 aromatic carbocycles. The largest absolute Gasteiger partial charge is 0.487 e. The molecule has 2 aliphatic rings. The molecular formula is C25H20N4O4. The zero-order valence-electron chi connectivity index (χ0n) is 17.5. The Hall–Kier alpha value is -4.33. The van der Waals surface area contributed by atoms with Gasteiger partial charge in [-0.15, -0.1) is 0 Å². The molecule has 2 atom stereocenters. The maximum atomic E-state index is 12.8. The number of fused-ring (bicyclic) bond motifs is 1. The van der Waals surface area contributed by atoms with Crippen LogP contribution in [-0.2, 0) is 27.4 Å². The van der Waals surface area contributed by atoms with Crippen molar-refractivity contribution in [2.75, 3.05) is 0 Å². The molecule has 5 rings (SSSR count). The summed E-state index contributed by atoms with van der Waals surface area (Å²) in [6.07, 6.45) is 1.81. The van der Waals surface area contributed by atoms with Crippen LogP contribution in [0.3, 0.4) is 0 Å². The second kappa shape index (κ2) is 8.66. The van der Waals surface area contributed by atoms with Gasteiger partial charge in [0.2, 0.25) is 11.8 Å². The number of nitrogens with zero attached hydrogens (tertiary/aromatic N) is 2. The van der Waals surface area contributed by atoms with Crippen LogP contribution in [0.25, 0.3) is 5.57 Å². The first-order valence-electron chi connectivity index (χ1n) is 10.5. The lowest BCUT2D eigenvalue weighted by Gasteiger charge is -2.29. The smallest absolute Gasteiger partial charge is 0.276 e. The van der Waals surface area contributed by atoms with Crippen LogP contribution >= 0.6 is 0 Å². The van der Waals surface area contributed by atoms with Crippen molar-refractivity contribution >= 4 is 23.3 Å². The van der Waals surface area contributed by atoms with Crippen molar-refractivity contribution in [1.82, 2.24) is 15.6 Å². The summed E-state index contributed by atoms with van der Waals surface area (Å²) >= 11 is 0. The third-order valence-corrected chi connectivity index (χ3v) is 5.58. The highest BCUT2D eigenvalue weighted by Crippen LogP contribution is 2.16. The van der Waals surface area contributed by atoms with Gasteiger partial charge in [-0.2, -0.15) is 0 Å². The number of hydrogen-bond donors (Lipinski definition) is 2. The van der Waals surface area contributed by atoms with Crippen molar-refractivity contribution in [3.8, 4) is 5.75 Å². The molecule has 0 saturated carbocycles. The van der Waals surface area contributed by atoms with Crippen LogP contribution in [0.5, 0.6) is 5.75 Å². The molecule has 0 aliphatic carbocycles. The summed E-state index contributed by atoms with van der Waals surface area (Å²) in [6.45, 7) is 0.428. The van der Waals surface area contributed by atoms with Crippen LogP contribution in [0.1, 0.15) is 11.3 Å². The van der Waals surface area contributed by atoms with E-state index in [4.69, 9.17) is 4.74 Å². The summed E-state index contributed by atoms with van der Waals surface area (Å²) in [5, 5.41) is 6.46. The lowest BCUT2D eigenvalue weighted by atomic mass is 9.98. The fourth-order valence-corrected chi connectivity index (χ4v) is 3.91. The molecule has 3 amide bonds. The van der Waals surface area contributed by atoms with E-state index in [2.05, 4.69) is 20.6 Å². The fraction of sp³-hybridized carbons (Fsp3) is 0.160. The van der Waals surface area contributed by atoms with E-state index in [0.717, 1.165) is 5.56 Å². The first-order chi connectivity index (χ1) is 16.1. The van der Waals surface area contributed by atoms with Crippen LogP contribution in [0.2, 0.25) is 0 Å². The zero-order chi connectivity index (χ0) is 22.8. The molecule has 2 unspecified atom stereocenters. The standard InChI is InChI=1S/C25H20N4O4/c30-23-20(12-16-10-11-17(13-26-16)33-14-15-6-2-1-3-7-15)28-25(32)22(29-23)21-18-8-4-5-9-19(18)27-24(21)31/h1-11,13,20,22H,12,14H2,(H,28,32)(H,29,30). The van der Waals surface area contributed by atoms with Gasteiger partial charge in [0.05, 0.1) is 17.1 Å². The second-order valence-corrected chi connectivity index (χ2v) is 7.81. The summed E-state index contributed by atoms with van der Waals surface area (Å²) in [4.78, 5) is 46.2. The maximum Gasteiger partial charge on any atom is 0.276 e. The molecule has 1 fully saturated rings. The topological polar surface area (TPSA) is 110 Å². The van der Waals surface area contributed by atoms with Gasteiger partial charge in [0.1, 0.15) is 24.4 Å². The van der Waals surface area contributed by atoms with E-state index in [1.807, 2.05) is 30.3 Å². The Bertz CT molecular complexity index is 1350. The maximum absolute atomic E-state index is 12.8.